The summed E-state index contributed by atoms with van der Waals surface area (Å²) in [7, 11) is 1.52. The summed E-state index contributed by atoms with van der Waals surface area (Å²) in [6.07, 6.45) is 0. The molecule has 2 amide bonds. The molecular weight excluding hydrogens is 294 g/mol. The molecular formula is C17H19N3O3. The summed E-state index contributed by atoms with van der Waals surface area (Å²) < 4.78 is 4.87. The van der Waals surface area contributed by atoms with E-state index in [-0.39, 0.29) is 29.6 Å². The number of benzene rings is 1. The van der Waals surface area contributed by atoms with Gasteiger partial charge in [0.2, 0.25) is 0 Å². The van der Waals surface area contributed by atoms with Gasteiger partial charge < -0.3 is 15.0 Å². The lowest BCUT2D eigenvalue weighted by atomic mass is 10.0. The minimum Gasteiger partial charge on any atom is -0.383 e. The standard InChI is InChI=1S/C17H19N3O3/c1-11(2)20-14-7-5-4-6-12(14)15(17(20)22)13(10-18)16(21)19-8-9-23-3/h4-7,11H,8-9H2,1-3H3,(H,19,21)/b15-13-. The van der Waals surface area contributed by atoms with Crippen molar-refractivity contribution in [3.8, 4) is 6.07 Å². The molecule has 1 aliphatic heterocycles. The first-order valence-electron chi connectivity index (χ1n) is 7.37. The lowest BCUT2D eigenvalue weighted by Gasteiger charge is -2.21. The Morgan fingerprint density at radius 2 is 2.09 bits per heavy atom. The Labute approximate surface area is 135 Å². The molecule has 120 valence electrons. The summed E-state index contributed by atoms with van der Waals surface area (Å²) in [5.41, 5.74) is 1.33. The second-order valence-electron chi connectivity index (χ2n) is 5.40. The number of para-hydroxylation sites is 1. The number of nitrogens with one attached hydrogen (secondary N) is 1. The number of amides is 2. The SMILES string of the molecule is COCCNC(=O)/C(C#N)=C1\C(=O)N(C(C)C)c2ccccc21. The van der Waals surface area contributed by atoms with Crippen molar-refractivity contribution < 1.29 is 14.3 Å². The molecule has 0 saturated heterocycles. The van der Waals surface area contributed by atoms with E-state index in [9.17, 15) is 14.9 Å². The summed E-state index contributed by atoms with van der Waals surface area (Å²) in [4.78, 5) is 26.6. The van der Waals surface area contributed by atoms with Crippen LogP contribution in [0.15, 0.2) is 29.8 Å². The Kier molecular flexibility index (Phi) is 5.14. The van der Waals surface area contributed by atoms with Gasteiger partial charge in [0, 0.05) is 25.3 Å². The van der Waals surface area contributed by atoms with Crippen LogP contribution in [0.25, 0.3) is 5.57 Å². The van der Waals surface area contributed by atoms with Crippen molar-refractivity contribution in [3.63, 3.8) is 0 Å². The van der Waals surface area contributed by atoms with Gasteiger partial charge in [-0.2, -0.15) is 5.26 Å². The van der Waals surface area contributed by atoms with Gasteiger partial charge in [-0.25, -0.2) is 0 Å². The molecule has 0 aromatic heterocycles. The molecule has 1 aliphatic rings. The van der Waals surface area contributed by atoms with Crippen LogP contribution in [0, 0.1) is 11.3 Å². The fourth-order valence-electron chi connectivity index (χ4n) is 2.57. The van der Waals surface area contributed by atoms with E-state index in [2.05, 4.69) is 5.32 Å². The van der Waals surface area contributed by atoms with Crippen molar-refractivity contribution in [3.05, 3.63) is 35.4 Å². The van der Waals surface area contributed by atoms with E-state index >= 15 is 0 Å². The van der Waals surface area contributed by atoms with Crippen LogP contribution in [-0.4, -0.2) is 38.1 Å². The first-order chi connectivity index (χ1) is 11.0. The van der Waals surface area contributed by atoms with Crippen molar-refractivity contribution in [1.82, 2.24) is 5.32 Å². The highest BCUT2D eigenvalue weighted by Gasteiger charge is 2.37. The average Bonchev–Trinajstić information content (AvgIpc) is 2.81. The number of nitriles is 1. The summed E-state index contributed by atoms with van der Waals surface area (Å²) in [5, 5.41) is 12.0. The number of anilines is 1. The fraction of sp³-hybridized carbons (Fsp3) is 0.353. The predicted molar refractivity (Wildman–Crippen MR) is 86.5 cm³/mol. The Bertz CT molecular complexity index is 701. The third kappa shape index (κ3) is 3.10. The van der Waals surface area contributed by atoms with Gasteiger partial charge in [-0.15, -0.1) is 0 Å². The van der Waals surface area contributed by atoms with Crippen LogP contribution in [0.3, 0.4) is 0 Å². The maximum atomic E-state index is 12.8. The molecule has 0 radical (unpaired) electrons. The number of methoxy groups -OCH3 is 1. The van der Waals surface area contributed by atoms with Gasteiger partial charge in [0.25, 0.3) is 11.8 Å². The molecule has 6 heteroatoms. The highest BCUT2D eigenvalue weighted by Crippen LogP contribution is 2.39. The third-order valence-electron chi connectivity index (χ3n) is 3.56. The van der Waals surface area contributed by atoms with Crippen LogP contribution in [0.5, 0.6) is 0 Å². The van der Waals surface area contributed by atoms with E-state index in [1.54, 1.807) is 17.0 Å². The molecule has 1 aromatic rings. The number of carbonyl (C=O) groups excluding carboxylic acids is 2. The minimum atomic E-state index is -0.562. The molecule has 0 unspecified atom stereocenters. The van der Waals surface area contributed by atoms with Crippen LogP contribution in [0.4, 0.5) is 5.69 Å². The number of hydrogen-bond donors (Lipinski definition) is 1. The maximum Gasteiger partial charge on any atom is 0.262 e. The summed E-state index contributed by atoms with van der Waals surface area (Å²) in [5.74, 6) is -0.882. The van der Waals surface area contributed by atoms with Gasteiger partial charge in [-0.05, 0) is 19.9 Å². The molecule has 0 spiro atoms. The topological polar surface area (TPSA) is 82.4 Å². The first kappa shape index (κ1) is 16.7. The van der Waals surface area contributed by atoms with Gasteiger partial charge in [-0.1, -0.05) is 18.2 Å². The second-order valence-corrected chi connectivity index (χ2v) is 5.40. The van der Waals surface area contributed by atoms with Crippen LogP contribution < -0.4 is 10.2 Å². The van der Waals surface area contributed by atoms with Crippen molar-refractivity contribution in [2.45, 2.75) is 19.9 Å². The van der Waals surface area contributed by atoms with E-state index in [1.165, 1.54) is 7.11 Å². The zero-order valence-corrected chi connectivity index (χ0v) is 13.4. The molecule has 0 saturated carbocycles. The molecule has 2 rings (SSSR count). The van der Waals surface area contributed by atoms with Gasteiger partial charge in [0.1, 0.15) is 11.6 Å². The number of hydrogen-bond acceptors (Lipinski definition) is 4. The lowest BCUT2D eigenvalue weighted by molar-refractivity contribution is -0.118. The number of carbonyl (C=O) groups is 2. The van der Waals surface area contributed by atoms with E-state index in [4.69, 9.17) is 4.74 Å². The highest BCUT2D eigenvalue weighted by atomic mass is 16.5. The lowest BCUT2D eigenvalue weighted by Crippen LogP contribution is -2.34. The second kappa shape index (κ2) is 7.07. The van der Waals surface area contributed by atoms with Gasteiger partial charge >= 0.3 is 0 Å². The van der Waals surface area contributed by atoms with Crippen LogP contribution in [-0.2, 0) is 14.3 Å². The smallest absolute Gasteiger partial charge is 0.262 e. The molecule has 1 aromatic carbocycles. The van der Waals surface area contributed by atoms with Gasteiger partial charge in [-0.3, -0.25) is 9.59 Å². The number of ether oxygens (including phenoxy) is 1. The summed E-state index contributed by atoms with van der Waals surface area (Å²) in [6, 6.07) is 9.00. The fourth-order valence-corrected chi connectivity index (χ4v) is 2.57. The van der Waals surface area contributed by atoms with Crippen molar-refractivity contribution in [2.75, 3.05) is 25.2 Å². The average molecular weight is 313 g/mol. The summed E-state index contributed by atoms with van der Waals surface area (Å²) >= 11 is 0. The molecule has 0 atom stereocenters. The zero-order chi connectivity index (χ0) is 17.0. The van der Waals surface area contributed by atoms with E-state index in [1.807, 2.05) is 32.0 Å². The Balaban J connectivity index is 2.49. The van der Waals surface area contributed by atoms with E-state index in [0.29, 0.717) is 12.2 Å². The van der Waals surface area contributed by atoms with E-state index in [0.717, 1.165) is 5.69 Å². The number of rotatable bonds is 5. The molecule has 1 N–H and O–H groups in total. The zero-order valence-electron chi connectivity index (χ0n) is 13.4. The van der Waals surface area contributed by atoms with E-state index < -0.39 is 5.91 Å². The van der Waals surface area contributed by atoms with Crippen LogP contribution in [0.1, 0.15) is 19.4 Å². The monoisotopic (exact) mass is 313 g/mol. The minimum absolute atomic E-state index is 0.0716. The number of nitrogens with zero attached hydrogens (tertiary/aromatic N) is 2. The largest absolute Gasteiger partial charge is 0.383 e. The number of fused-ring (bicyclic) bond motifs is 1. The maximum absolute atomic E-state index is 12.8. The van der Waals surface area contributed by atoms with Gasteiger partial charge in [0.15, 0.2) is 0 Å². The first-order valence-corrected chi connectivity index (χ1v) is 7.37. The third-order valence-corrected chi connectivity index (χ3v) is 3.56. The van der Waals surface area contributed by atoms with Crippen molar-refractivity contribution in [2.24, 2.45) is 0 Å². The molecule has 0 fully saturated rings. The van der Waals surface area contributed by atoms with Gasteiger partial charge in [0.05, 0.1) is 17.9 Å². The Morgan fingerprint density at radius 1 is 1.39 bits per heavy atom. The molecule has 0 aliphatic carbocycles. The Morgan fingerprint density at radius 3 is 2.70 bits per heavy atom. The molecule has 6 nitrogen and oxygen atoms in total. The quantitative estimate of drug-likeness (QED) is 0.507. The van der Waals surface area contributed by atoms with Crippen molar-refractivity contribution >= 4 is 23.1 Å². The predicted octanol–water partition coefficient (Wildman–Crippen LogP) is 1.48. The Hall–Kier alpha value is -2.65. The van der Waals surface area contributed by atoms with Crippen LogP contribution in [0.2, 0.25) is 0 Å². The summed E-state index contributed by atoms with van der Waals surface area (Å²) in [6.45, 7) is 4.39. The van der Waals surface area contributed by atoms with Crippen LogP contribution >= 0.6 is 0 Å². The normalized spacial score (nSPS) is 15.4. The molecule has 0 bridgehead atoms. The molecule has 23 heavy (non-hydrogen) atoms. The highest BCUT2D eigenvalue weighted by molar-refractivity contribution is 6.37. The van der Waals surface area contributed by atoms with Crippen molar-refractivity contribution in [1.29, 1.82) is 5.26 Å². The molecule has 1 heterocycles.